The molecule has 2 fully saturated rings. The van der Waals surface area contributed by atoms with Gasteiger partial charge in [-0.1, -0.05) is 6.42 Å². The van der Waals surface area contributed by atoms with Crippen molar-refractivity contribution >= 4 is 12.6 Å². The molecule has 7 nitrogen and oxygen atoms in total. The number of aliphatic hydroxyl groups is 1. The van der Waals surface area contributed by atoms with E-state index in [1.165, 1.54) is 12.8 Å². The summed E-state index contributed by atoms with van der Waals surface area (Å²) in [6.45, 7) is 10.7. The smallest absolute Gasteiger partial charge is 0.463 e. The molecule has 27 heavy (non-hydrogen) atoms. The van der Waals surface area contributed by atoms with E-state index in [0.717, 1.165) is 31.4 Å². The maximum Gasteiger partial charge on any atom is 0.498 e. The van der Waals surface area contributed by atoms with Crippen LogP contribution in [0.3, 0.4) is 0 Å². The quantitative estimate of drug-likeness (QED) is 0.720. The second kappa shape index (κ2) is 8.43. The van der Waals surface area contributed by atoms with Crippen molar-refractivity contribution in [3.8, 4) is 6.01 Å². The Morgan fingerprint density at radius 1 is 1.19 bits per heavy atom. The number of hydrogen-bond donors (Lipinski definition) is 1. The lowest BCUT2D eigenvalue weighted by atomic mass is 9.81. The SMILES string of the molecule is CC1(C)OB(c2cnc(OCCC3CCCCN3CCO)nc2)OC1(C)C. The van der Waals surface area contributed by atoms with Crippen LogP contribution in [0.15, 0.2) is 12.4 Å². The lowest BCUT2D eigenvalue weighted by molar-refractivity contribution is 0.00578. The predicted octanol–water partition coefficient (Wildman–Crippen LogP) is 1.39. The van der Waals surface area contributed by atoms with Gasteiger partial charge in [0.15, 0.2) is 0 Å². The molecule has 0 amide bonds. The number of aliphatic hydroxyl groups excluding tert-OH is 1. The summed E-state index contributed by atoms with van der Waals surface area (Å²) in [6.07, 6.45) is 7.95. The van der Waals surface area contributed by atoms with Gasteiger partial charge in [-0.3, -0.25) is 4.90 Å². The minimum absolute atomic E-state index is 0.209. The van der Waals surface area contributed by atoms with Gasteiger partial charge in [0.2, 0.25) is 0 Å². The summed E-state index contributed by atoms with van der Waals surface area (Å²) < 4.78 is 17.8. The highest BCUT2D eigenvalue weighted by Gasteiger charge is 2.51. The lowest BCUT2D eigenvalue weighted by Crippen LogP contribution is -2.41. The van der Waals surface area contributed by atoms with Crippen molar-refractivity contribution in [2.75, 3.05) is 26.3 Å². The minimum atomic E-state index is -0.460. The number of hydrogen-bond acceptors (Lipinski definition) is 7. The van der Waals surface area contributed by atoms with Gasteiger partial charge in [0.25, 0.3) is 0 Å². The molecule has 0 aromatic carbocycles. The highest BCUT2D eigenvalue weighted by molar-refractivity contribution is 6.61. The van der Waals surface area contributed by atoms with E-state index in [4.69, 9.17) is 14.0 Å². The Morgan fingerprint density at radius 3 is 2.48 bits per heavy atom. The Bertz CT molecular complexity index is 593. The average molecular weight is 377 g/mol. The van der Waals surface area contributed by atoms with Crippen LogP contribution in [0, 0.1) is 0 Å². The van der Waals surface area contributed by atoms with Crippen LogP contribution in [-0.2, 0) is 9.31 Å². The molecule has 0 radical (unpaired) electrons. The molecule has 2 aliphatic rings. The molecule has 1 unspecified atom stereocenters. The van der Waals surface area contributed by atoms with Crippen molar-refractivity contribution in [2.45, 2.75) is 70.6 Å². The molecule has 3 rings (SSSR count). The van der Waals surface area contributed by atoms with Gasteiger partial charge in [0, 0.05) is 30.4 Å². The van der Waals surface area contributed by atoms with Crippen molar-refractivity contribution in [1.29, 1.82) is 0 Å². The number of rotatable bonds is 7. The maximum atomic E-state index is 9.21. The van der Waals surface area contributed by atoms with Gasteiger partial charge in [-0.2, -0.15) is 0 Å². The molecule has 1 atom stereocenters. The van der Waals surface area contributed by atoms with Crippen molar-refractivity contribution in [1.82, 2.24) is 14.9 Å². The summed E-state index contributed by atoms with van der Waals surface area (Å²) in [4.78, 5) is 11.0. The third-order valence-corrected chi connectivity index (χ3v) is 5.99. The summed E-state index contributed by atoms with van der Waals surface area (Å²) in [5.41, 5.74) is 0.0306. The van der Waals surface area contributed by atoms with Gasteiger partial charge in [-0.25, -0.2) is 9.97 Å². The normalized spacial score (nSPS) is 24.9. The first-order valence-corrected chi connectivity index (χ1v) is 9.98. The predicted molar refractivity (Wildman–Crippen MR) is 104 cm³/mol. The van der Waals surface area contributed by atoms with Crippen molar-refractivity contribution < 1.29 is 19.2 Å². The third kappa shape index (κ3) is 4.80. The standard InChI is InChI=1S/C19H32BN3O4/c1-18(2)19(3,4)27-20(26-18)15-13-21-17(22-14-15)25-12-8-16-7-5-6-9-23(16)10-11-24/h13-14,16,24H,5-12H2,1-4H3. The van der Waals surface area contributed by atoms with E-state index in [1.807, 2.05) is 27.7 Å². The fourth-order valence-corrected chi connectivity index (χ4v) is 3.60. The molecule has 0 aliphatic carbocycles. The van der Waals surface area contributed by atoms with Crippen molar-refractivity contribution in [2.24, 2.45) is 0 Å². The van der Waals surface area contributed by atoms with Crippen LogP contribution < -0.4 is 10.2 Å². The maximum absolute atomic E-state index is 9.21. The van der Waals surface area contributed by atoms with Crippen LogP contribution in [-0.4, -0.2) is 70.6 Å². The average Bonchev–Trinajstić information content (AvgIpc) is 2.85. The van der Waals surface area contributed by atoms with E-state index in [2.05, 4.69) is 14.9 Å². The first kappa shape index (κ1) is 20.5. The molecular weight excluding hydrogens is 345 g/mol. The van der Waals surface area contributed by atoms with Gasteiger partial charge in [0.1, 0.15) is 0 Å². The van der Waals surface area contributed by atoms with Crippen LogP contribution in [0.2, 0.25) is 0 Å². The molecule has 1 aromatic rings. The first-order chi connectivity index (χ1) is 12.8. The van der Waals surface area contributed by atoms with E-state index >= 15 is 0 Å². The Kier molecular flexibility index (Phi) is 6.41. The van der Waals surface area contributed by atoms with E-state index in [1.54, 1.807) is 12.4 Å². The van der Waals surface area contributed by atoms with Crippen LogP contribution in [0.25, 0.3) is 0 Å². The number of aromatic nitrogens is 2. The number of likely N-dealkylation sites (tertiary alicyclic amines) is 1. The number of nitrogens with zero attached hydrogens (tertiary/aromatic N) is 3. The molecule has 0 bridgehead atoms. The molecule has 150 valence electrons. The summed E-state index contributed by atoms with van der Waals surface area (Å²) in [5, 5.41) is 9.21. The molecule has 2 saturated heterocycles. The van der Waals surface area contributed by atoms with E-state index in [0.29, 0.717) is 18.7 Å². The number of β-amino-alcohol motifs (C(OH)–C–C–N with tert-alkyl or cyclic N) is 1. The largest absolute Gasteiger partial charge is 0.498 e. The first-order valence-electron chi connectivity index (χ1n) is 9.98. The van der Waals surface area contributed by atoms with Crippen LogP contribution in [0.5, 0.6) is 6.01 Å². The second-order valence-electron chi connectivity index (χ2n) is 8.43. The molecule has 0 saturated carbocycles. The fraction of sp³-hybridized carbons (Fsp3) is 0.789. The Hall–Kier alpha value is -1.22. The van der Waals surface area contributed by atoms with Gasteiger partial charge in [0.05, 0.1) is 24.4 Å². The monoisotopic (exact) mass is 377 g/mol. The second-order valence-corrected chi connectivity index (χ2v) is 8.43. The van der Waals surface area contributed by atoms with Crippen molar-refractivity contribution in [3.05, 3.63) is 12.4 Å². The van der Waals surface area contributed by atoms with Gasteiger partial charge < -0.3 is 19.2 Å². The van der Waals surface area contributed by atoms with Gasteiger partial charge in [-0.05, 0) is 53.5 Å². The zero-order chi connectivity index (χ0) is 19.5. The molecule has 1 aromatic heterocycles. The molecule has 1 N–H and O–H groups in total. The minimum Gasteiger partial charge on any atom is -0.463 e. The summed E-state index contributed by atoms with van der Waals surface area (Å²) >= 11 is 0. The van der Waals surface area contributed by atoms with Gasteiger partial charge in [-0.15, -0.1) is 0 Å². The Balaban J connectivity index is 1.50. The fourth-order valence-electron chi connectivity index (χ4n) is 3.60. The Labute approximate surface area is 162 Å². The third-order valence-electron chi connectivity index (χ3n) is 5.99. The topological polar surface area (TPSA) is 76.9 Å². The molecule has 0 spiro atoms. The molecule has 8 heteroatoms. The highest BCUT2D eigenvalue weighted by Crippen LogP contribution is 2.36. The van der Waals surface area contributed by atoms with E-state index in [9.17, 15) is 5.11 Å². The zero-order valence-corrected chi connectivity index (χ0v) is 17.0. The Morgan fingerprint density at radius 2 is 1.85 bits per heavy atom. The van der Waals surface area contributed by atoms with Gasteiger partial charge >= 0.3 is 13.1 Å². The summed E-state index contributed by atoms with van der Waals surface area (Å²) in [5.74, 6) is 0. The molecular formula is C19H32BN3O4. The number of ether oxygens (including phenoxy) is 1. The number of piperidine rings is 1. The lowest BCUT2D eigenvalue weighted by Gasteiger charge is -2.35. The molecule has 2 aliphatic heterocycles. The van der Waals surface area contributed by atoms with Crippen LogP contribution in [0.1, 0.15) is 53.4 Å². The van der Waals surface area contributed by atoms with E-state index in [-0.39, 0.29) is 17.8 Å². The highest BCUT2D eigenvalue weighted by atomic mass is 16.7. The summed E-state index contributed by atoms with van der Waals surface area (Å²) in [7, 11) is -0.460. The molecule has 3 heterocycles. The van der Waals surface area contributed by atoms with Crippen LogP contribution in [0.4, 0.5) is 0 Å². The summed E-state index contributed by atoms with van der Waals surface area (Å²) in [6, 6.07) is 0.842. The zero-order valence-electron chi connectivity index (χ0n) is 17.0. The van der Waals surface area contributed by atoms with Crippen molar-refractivity contribution in [3.63, 3.8) is 0 Å². The van der Waals surface area contributed by atoms with Crippen LogP contribution >= 0.6 is 0 Å². The van der Waals surface area contributed by atoms with E-state index < -0.39 is 7.12 Å².